The third-order valence-corrected chi connectivity index (χ3v) is 5.97. The fourth-order valence-corrected chi connectivity index (χ4v) is 3.95. The Balaban J connectivity index is 1.66. The van der Waals surface area contributed by atoms with Gasteiger partial charge in [-0.3, -0.25) is 9.36 Å². The number of aromatic nitrogens is 3. The van der Waals surface area contributed by atoms with Gasteiger partial charge in [0.05, 0.1) is 29.0 Å². The van der Waals surface area contributed by atoms with Gasteiger partial charge in [0.25, 0.3) is 5.91 Å². The zero-order chi connectivity index (χ0) is 24.5. The highest BCUT2D eigenvalue weighted by Gasteiger charge is 2.28. The van der Waals surface area contributed by atoms with Crippen LogP contribution in [0.4, 0.5) is 14.5 Å². The molecule has 0 aromatic carbocycles. The Hall–Kier alpha value is -3.58. The van der Waals surface area contributed by atoms with E-state index in [9.17, 15) is 18.7 Å². The van der Waals surface area contributed by atoms with E-state index in [0.717, 1.165) is 5.39 Å². The highest BCUT2D eigenvalue weighted by Crippen LogP contribution is 2.28. The maximum atomic E-state index is 14.1. The smallest absolute Gasteiger partial charge is 0.255 e. The predicted molar refractivity (Wildman–Crippen MR) is 123 cm³/mol. The molecule has 0 bridgehead atoms. The first-order chi connectivity index (χ1) is 16.2. The first-order valence-electron chi connectivity index (χ1n) is 11.1. The number of hydrogen-bond donors (Lipinski definition) is 3. The van der Waals surface area contributed by atoms with Crippen LogP contribution in [0.15, 0.2) is 36.8 Å². The molecule has 0 radical (unpaired) electrons. The lowest BCUT2D eigenvalue weighted by Crippen LogP contribution is -2.42. The van der Waals surface area contributed by atoms with Crippen molar-refractivity contribution in [3.8, 4) is 11.9 Å². The molecular formula is C24H26F2N6O2. The molecule has 1 aliphatic rings. The number of carbonyl (C=O) groups excluding carboxylic acids is 1. The predicted octanol–water partition coefficient (Wildman–Crippen LogP) is 3.43. The molecule has 1 fully saturated rings. The summed E-state index contributed by atoms with van der Waals surface area (Å²) in [6.07, 6.45) is 3.44. The fourth-order valence-electron chi connectivity index (χ4n) is 3.95. The van der Waals surface area contributed by atoms with Crippen LogP contribution in [0.5, 0.6) is 0 Å². The summed E-state index contributed by atoms with van der Waals surface area (Å²) < 4.78 is 29.6. The van der Waals surface area contributed by atoms with E-state index in [1.807, 2.05) is 0 Å². The van der Waals surface area contributed by atoms with Gasteiger partial charge in [0.15, 0.2) is 0 Å². The van der Waals surface area contributed by atoms with E-state index in [1.54, 1.807) is 29.0 Å². The Morgan fingerprint density at radius 3 is 2.82 bits per heavy atom. The topological polar surface area (TPSA) is 116 Å². The first-order valence-corrected chi connectivity index (χ1v) is 11.1. The van der Waals surface area contributed by atoms with Gasteiger partial charge in [-0.2, -0.15) is 5.26 Å². The van der Waals surface area contributed by atoms with Crippen molar-refractivity contribution in [2.45, 2.75) is 57.1 Å². The molecule has 3 aromatic rings. The Morgan fingerprint density at radius 2 is 2.15 bits per heavy atom. The molecule has 0 saturated heterocycles. The molecule has 1 aliphatic carbocycles. The maximum Gasteiger partial charge on any atom is 0.255 e. The molecule has 8 nitrogen and oxygen atoms in total. The van der Waals surface area contributed by atoms with Crippen molar-refractivity contribution < 1.29 is 18.7 Å². The van der Waals surface area contributed by atoms with Gasteiger partial charge in [0, 0.05) is 36.1 Å². The number of aliphatic hydroxyl groups is 1. The number of nitrogens with zero attached hydrogens (tertiary/aromatic N) is 4. The fraction of sp³-hybridized carbons (Fsp3) is 0.417. The largest absolute Gasteiger partial charge is 0.387 e. The average molecular weight is 469 g/mol. The molecule has 178 valence electrons. The number of alkyl halides is 2. The minimum Gasteiger partial charge on any atom is -0.387 e. The third kappa shape index (κ3) is 4.99. The van der Waals surface area contributed by atoms with Crippen LogP contribution in [0.1, 0.15) is 49.0 Å². The zero-order valence-corrected chi connectivity index (χ0v) is 18.9. The van der Waals surface area contributed by atoms with E-state index in [-0.39, 0.29) is 18.2 Å². The first kappa shape index (κ1) is 23.6. The van der Waals surface area contributed by atoms with Gasteiger partial charge in [-0.05, 0) is 45.2 Å². The molecule has 10 heteroatoms. The minimum atomic E-state index is -1.65. The van der Waals surface area contributed by atoms with Crippen molar-refractivity contribution in [1.29, 1.82) is 5.26 Å². The molecule has 3 heterocycles. The van der Waals surface area contributed by atoms with Gasteiger partial charge in [-0.25, -0.2) is 18.7 Å². The molecular weight excluding hydrogens is 442 g/mol. The van der Waals surface area contributed by atoms with Gasteiger partial charge in [-0.1, -0.05) is 0 Å². The molecule has 1 saturated carbocycles. The molecule has 0 spiro atoms. The van der Waals surface area contributed by atoms with Gasteiger partial charge in [0.2, 0.25) is 0 Å². The van der Waals surface area contributed by atoms with Crippen molar-refractivity contribution in [3.05, 3.63) is 47.9 Å². The molecule has 4 rings (SSSR count). The Kier molecular flexibility index (Phi) is 6.48. The zero-order valence-electron chi connectivity index (χ0n) is 18.9. The summed E-state index contributed by atoms with van der Waals surface area (Å²) in [6.45, 7) is 2.29. The summed E-state index contributed by atoms with van der Waals surface area (Å²) in [5.74, 6) is -0.0849. The number of nitriles is 1. The summed E-state index contributed by atoms with van der Waals surface area (Å²) >= 11 is 0. The second-order valence-electron chi connectivity index (χ2n) is 9.11. The lowest BCUT2D eigenvalue weighted by atomic mass is 10.0. The van der Waals surface area contributed by atoms with Crippen molar-refractivity contribution in [2.75, 3.05) is 11.9 Å². The third-order valence-electron chi connectivity index (χ3n) is 5.97. The number of pyridine rings is 2. The van der Waals surface area contributed by atoms with Crippen LogP contribution in [0.2, 0.25) is 0 Å². The van der Waals surface area contributed by atoms with Crippen LogP contribution in [0.25, 0.3) is 16.9 Å². The second-order valence-corrected chi connectivity index (χ2v) is 9.11. The average Bonchev–Trinajstić information content (AvgIpc) is 3.41. The molecule has 2 unspecified atom stereocenters. The van der Waals surface area contributed by atoms with Crippen LogP contribution < -0.4 is 10.6 Å². The van der Waals surface area contributed by atoms with E-state index >= 15 is 0 Å². The summed E-state index contributed by atoms with van der Waals surface area (Å²) in [5, 5.41) is 25.4. The molecule has 3 aromatic heterocycles. The maximum absolute atomic E-state index is 14.1. The minimum absolute atomic E-state index is 0.153. The lowest BCUT2D eigenvalue weighted by molar-refractivity contribution is -0.00177. The Morgan fingerprint density at radius 1 is 1.35 bits per heavy atom. The highest BCUT2D eigenvalue weighted by atomic mass is 19.1. The monoisotopic (exact) mass is 468 g/mol. The van der Waals surface area contributed by atoms with Gasteiger partial charge in [0.1, 0.15) is 29.9 Å². The van der Waals surface area contributed by atoms with Crippen molar-refractivity contribution in [1.82, 2.24) is 19.9 Å². The molecule has 0 aliphatic heterocycles. The van der Waals surface area contributed by atoms with Crippen molar-refractivity contribution in [2.24, 2.45) is 0 Å². The normalized spacial score (nSPS) is 19.1. The number of carbonyl (C=O) groups is 1. The number of rotatable bonds is 7. The molecule has 3 atom stereocenters. The molecule has 1 amide bonds. The van der Waals surface area contributed by atoms with Crippen LogP contribution in [0, 0.1) is 11.3 Å². The SMILES string of the molecule is CC(C)(O)[C@H](F)CNC(=O)c1cnc(-n2ccc3cc(C#N)cnc32)cc1NC1CCC(F)C1. The van der Waals surface area contributed by atoms with E-state index in [1.165, 1.54) is 26.2 Å². The number of halogens is 2. The number of nitrogens with one attached hydrogen (secondary N) is 2. The Bertz CT molecular complexity index is 1250. The molecule has 3 N–H and O–H groups in total. The number of fused-ring (bicyclic) bond motifs is 1. The van der Waals surface area contributed by atoms with Gasteiger partial charge < -0.3 is 15.7 Å². The van der Waals surface area contributed by atoms with E-state index in [0.29, 0.717) is 42.0 Å². The van der Waals surface area contributed by atoms with E-state index in [4.69, 9.17) is 5.26 Å². The standard InChI is InChI=1S/C24H26F2N6O2/c1-24(2,34)20(26)13-30-23(33)18-12-28-21(9-19(18)31-17-4-3-16(25)8-17)32-6-5-15-7-14(10-27)11-29-22(15)32/h5-7,9,11-12,16-17,20,34H,3-4,8,13H2,1-2H3,(H,28,31)(H,30,33)/t16?,17?,20-/m1/s1. The number of amides is 1. The summed E-state index contributed by atoms with van der Waals surface area (Å²) in [6, 6.07) is 7.10. The van der Waals surface area contributed by atoms with Crippen LogP contribution >= 0.6 is 0 Å². The van der Waals surface area contributed by atoms with Gasteiger partial charge >= 0.3 is 0 Å². The number of anilines is 1. The lowest BCUT2D eigenvalue weighted by Gasteiger charge is -2.23. The van der Waals surface area contributed by atoms with Crippen molar-refractivity contribution in [3.63, 3.8) is 0 Å². The summed E-state index contributed by atoms with van der Waals surface area (Å²) in [4.78, 5) is 21.6. The van der Waals surface area contributed by atoms with E-state index < -0.39 is 23.9 Å². The van der Waals surface area contributed by atoms with E-state index in [2.05, 4.69) is 26.7 Å². The van der Waals surface area contributed by atoms with Crippen molar-refractivity contribution >= 4 is 22.6 Å². The van der Waals surface area contributed by atoms with Crippen LogP contribution in [-0.2, 0) is 0 Å². The quantitative estimate of drug-likeness (QED) is 0.489. The highest BCUT2D eigenvalue weighted by molar-refractivity contribution is 5.99. The second kappa shape index (κ2) is 9.35. The van der Waals surface area contributed by atoms with Crippen LogP contribution in [0.3, 0.4) is 0 Å². The number of hydrogen-bond acceptors (Lipinski definition) is 6. The van der Waals surface area contributed by atoms with Gasteiger partial charge in [-0.15, -0.1) is 0 Å². The summed E-state index contributed by atoms with van der Waals surface area (Å²) in [7, 11) is 0. The summed E-state index contributed by atoms with van der Waals surface area (Å²) in [5.41, 5.74) is 0.0576. The van der Waals surface area contributed by atoms with Crippen LogP contribution in [-0.4, -0.2) is 56.1 Å². The molecule has 34 heavy (non-hydrogen) atoms. The Labute approximate surface area is 195 Å².